The Hall–Kier alpha value is -1.06. The summed E-state index contributed by atoms with van der Waals surface area (Å²) in [5.41, 5.74) is 0.640. The van der Waals surface area contributed by atoms with E-state index in [1.54, 1.807) is 12.3 Å². The molecule has 0 radical (unpaired) electrons. The molecule has 19 heavy (non-hydrogen) atoms. The van der Waals surface area contributed by atoms with Crippen LogP contribution in [0.1, 0.15) is 5.69 Å². The lowest BCUT2D eigenvalue weighted by Gasteiger charge is -2.08. The van der Waals surface area contributed by atoms with E-state index >= 15 is 0 Å². The van der Waals surface area contributed by atoms with Crippen molar-refractivity contribution in [1.82, 2.24) is 4.98 Å². The number of hydrogen-bond donors (Lipinski definition) is 1. The van der Waals surface area contributed by atoms with Gasteiger partial charge in [-0.25, -0.2) is 22.2 Å². The third-order valence-corrected chi connectivity index (χ3v) is 5.38. The van der Waals surface area contributed by atoms with Gasteiger partial charge >= 0.3 is 0 Å². The van der Waals surface area contributed by atoms with E-state index in [-0.39, 0.29) is 9.60 Å². The predicted octanol–water partition coefficient (Wildman–Crippen LogP) is 3.29. The molecule has 2 rings (SSSR count). The summed E-state index contributed by atoms with van der Waals surface area (Å²) in [6.45, 7) is 1.70. The van der Waals surface area contributed by atoms with Gasteiger partial charge in [0.2, 0.25) is 0 Å². The fraction of sp³-hybridized carbons (Fsp3) is 0.100. The number of aromatic nitrogens is 1. The number of hydrogen-bond acceptors (Lipinski definition) is 4. The Morgan fingerprint density at radius 1 is 1.37 bits per heavy atom. The van der Waals surface area contributed by atoms with Gasteiger partial charge in [-0.3, -0.25) is 4.72 Å². The molecule has 0 bridgehead atoms. The summed E-state index contributed by atoms with van der Waals surface area (Å²) in [4.78, 5) is 3.26. The molecule has 0 aliphatic rings. The summed E-state index contributed by atoms with van der Waals surface area (Å²) in [6.07, 6.45) is 0. The second kappa shape index (κ2) is 5.14. The van der Waals surface area contributed by atoms with E-state index in [1.165, 1.54) is 0 Å². The van der Waals surface area contributed by atoms with Crippen molar-refractivity contribution in [3.63, 3.8) is 0 Å². The van der Waals surface area contributed by atoms with Gasteiger partial charge in [0.1, 0.15) is 16.5 Å². The summed E-state index contributed by atoms with van der Waals surface area (Å²) in [7, 11) is -4.17. The minimum absolute atomic E-state index is 0.119. The molecule has 0 unspecified atom stereocenters. The summed E-state index contributed by atoms with van der Waals surface area (Å²) in [5.74, 6) is -2.04. The molecule has 1 aromatic heterocycles. The first kappa shape index (κ1) is 14.4. The molecule has 1 N–H and O–H groups in total. The molecule has 0 fully saturated rings. The second-order valence-electron chi connectivity index (χ2n) is 3.60. The molecule has 102 valence electrons. The molecule has 0 aliphatic carbocycles. The predicted molar refractivity (Wildman–Crippen MR) is 71.7 cm³/mol. The van der Waals surface area contributed by atoms with Crippen LogP contribution in [-0.4, -0.2) is 13.4 Å². The lowest BCUT2D eigenvalue weighted by molar-refractivity contribution is 0.548. The van der Waals surface area contributed by atoms with E-state index in [4.69, 9.17) is 0 Å². The molecule has 4 nitrogen and oxygen atoms in total. The molecule has 2 aromatic rings. The van der Waals surface area contributed by atoms with Crippen LogP contribution in [0, 0.1) is 18.6 Å². The lowest BCUT2D eigenvalue weighted by Crippen LogP contribution is -2.15. The van der Waals surface area contributed by atoms with Crippen LogP contribution in [0.25, 0.3) is 0 Å². The van der Waals surface area contributed by atoms with Crippen molar-refractivity contribution in [2.75, 3.05) is 4.72 Å². The Morgan fingerprint density at radius 3 is 2.58 bits per heavy atom. The van der Waals surface area contributed by atoms with Crippen molar-refractivity contribution >= 4 is 42.4 Å². The molecule has 1 heterocycles. The molecule has 0 atom stereocenters. The largest absolute Gasteiger partial charge is 0.267 e. The highest BCUT2D eigenvalue weighted by Gasteiger charge is 2.24. The van der Waals surface area contributed by atoms with Gasteiger partial charge in [-0.05, 0) is 28.9 Å². The van der Waals surface area contributed by atoms with Gasteiger partial charge in [0, 0.05) is 15.9 Å². The van der Waals surface area contributed by atoms with Crippen LogP contribution >= 0.6 is 27.3 Å². The quantitative estimate of drug-likeness (QED) is 0.903. The van der Waals surface area contributed by atoms with Gasteiger partial charge in [0.05, 0.1) is 5.69 Å². The average Bonchev–Trinajstić information content (AvgIpc) is 2.60. The van der Waals surface area contributed by atoms with Crippen LogP contribution in [-0.2, 0) is 10.0 Å². The number of nitrogens with one attached hydrogen (secondary N) is 1. The molecule has 0 amide bonds. The Bertz CT molecular complexity index is 708. The van der Waals surface area contributed by atoms with Crippen LogP contribution in [0.4, 0.5) is 13.9 Å². The van der Waals surface area contributed by atoms with Crippen molar-refractivity contribution in [2.45, 2.75) is 11.8 Å². The van der Waals surface area contributed by atoms with Crippen LogP contribution in [0.2, 0.25) is 0 Å². The summed E-state index contributed by atoms with van der Waals surface area (Å²) < 4.78 is 52.5. The van der Waals surface area contributed by atoms with E-state index < -0.39 is 26.6 Å². The van der Waals surface area contributed by atoms with Crippen LogP contribution in [0.5, 0.6) is 0 Å². The number of halogens is 3. The molecule has 1 aromatic carbocycles. The first-order chi connectivity index (χ1) is 8.79. The highest BCUT2D eigenvalue weighted by Crippen LogP contribution is 2.28. The van der Waals surface area contributed by atoms with Gasteiger partial charge in [-0.2, -0.15) is 0 Å². The Kier molecular flexibility index (Phi) is 3.88. The van der Waals surface area contributed by atoms with Crippen LogP contribution in [0.15, 0.2) is 26.9 Å². The smallest absolute Gasteiger partial charge is 0.255 e. The highest BCUT2D eigenvalue weighted by molar-refractivity contribution is 9.10. The normalized spacial score (nSPS) is 11.6. The van der Waals surface area contributed by atoms with Crippen molar-refractivity contribution in [3.05, 3.63) is 39.3 Å². The van der Waals surface area contributed by atoms with Gasteiger partial charge in [0.15, 0.2) is 5.13 Å². The van der Waals surface area contributed by atoms with E-state index in [2.05, 4.69) is 25.6 Å². The second-order valence-corrected chi connectivity index (χ2v) is 6.93. The molecule has 0 saturated heterocycles. The van der Waals surface area contributed by atoms with Crippen molar-refractivity contribution in [3.8, 4) is 0 Å². The van der Waals surface area contributed by atoms with Crippen molar-refractivity contribution < 1.29 is 17.2 Å². The zero-order valence-electron chi connectivity index (χ0n) is 9.45. The minimum Gasteiger partial charge on any atom is -0.255 e. The number of sulfonamides is 1. The SMILES string of the molecule is Cc1csc(NS(=O)(=O)c2c(F)cc(F)cc2Br)n1. The molecular formula is C10H7BrF2N2O2S2. The summed E-state index contributed by atoms with van der Waals surface area (Å²) in [5, 5.41) is 1.77. The minimum atomic E-state index is -4.17. The first-order valence-electron chi connectivity index (χ1n) is 4.89. The maximum absolute atomic E-state index is 13.6. The fourth-order valence-corrected chi connectivity index (χ4v) is 4.46. The monoisotopic (exact) mass is 368 g/mol. The average molecular weight is 369 g/mol. The topological polar surface area (TPSA) is 59.1 Å². The number of aryl methyl sites for hydroxylation is 1. The van der Waals surface area contributed by atoms with E-state index in [0.29, 0.717) is 11.8 Å². The summed E-state index contributed by atoms with van der Waals surface area (Å²) >= 11 is 3.91. The maximum atomic E-state index is 13.6. The number of rotatable bonds is 3. The molecule has 0 aliphatic heterocycles. The van der Waals surface area contributed by atoms with Crippen LogP contribution in [0.3, 0.4) is 0 Å². The zero-order chi connectivity index (χ0) is 14.2. The Labute approximate surface area is 120 Å². The molecule has 0 spiro atoms. The van der Waals surface area contributed by atoms with Gasteiger partial charge in [0.25, 0.3) is 10.0 Å². The maximum Gasteiger partial charge on any atom is 0.267 e. The van der Waals surface area contributed by atoms with Gasteiger partial charge in [-0.15, -0.1) is 11.3 Å². The number of anilines is 1. The highest BCUT2D eigenvalue weighted by atomic mass is 79.9. The fourth-order valence-electron chi connectivity index (χ4n) is 1.35. The van der Waals surface area contributed by atoms with E-state index in [0.717, 1.165) is 17.4 Å². The van der Waals surface area contributed by atoms with Crippen LogP contribution < -0.4 is 4.72 Å². The first-order valence-corrected chi connectivity index (χ1v) is 8.04. The van der Waals surface area contributed by atoms with Gasteiger partial charge < -0.3 is 0 Å². The number of nitrogens with zero attached hydrogens (tertiary/aromatic N) is 1. The van der Waals surface area contributed by atoms with E-state index in [9.17, 15) is 17.2 Å². The van der Waals surface area contributed by atoms with Crippen molar-refractivity contribution in [1.29, 1.82) is 0 Å². The van der Waals surface area contributed by atoms with Gasteiger partial charge in [-0.1, -0.05) is 0 Å². The molecule has 9 heteroatoms. The Balaban J connectivity index is 2.45. The number of thiazole rings is 1. The molecule has 0 saturated carbocycles. The zero-order valence-corrected chi connectivity index (χ0v) is 12.7. The Morgan fingerprint density at radius 2 is 2.05 bits per heavy atom. The van der Waals surface area contributed by atoms with E-state index in [1.807, 2.05) is 0 Å². The summed E-state index contributed by atoms with van der Waals surface area (Å²) in [6, 6.07) is 1.39. The molecular weight excluding hydrogens is 362 g/mol. The third kappa shape index (κ3) is 3.10. The lowest BCUT2D eigenvalue weighted by atomic mass is 10.3. The third-order valence-electron chi connectivity index (χ3n) is 2.07. The number of benzene rings is 1. The van der Waals surface area contributed by atoms with Crippen molar-refractivity contribution in [2.24, 2.45) is 0 Å². The standard InChI is InChI=1S/C10H7BrF2N2O2S2/c1-5-4-18-10(14-5)15-19(16,17)9-7(11)2-6(12)3-8(9)13/h2-4H,1H3,(H,14,15).